The van der Waals surface area contributed by atoms with Crippen molar-refractivity contribution in [3.63, 3.8) is 0 Å². The summed E-state index contributed by atoms with van der Waals surface area (Å²) in [4.78, 5) is 41.7. The van der Waals surface area contributed by atoms with Crippen LogP contribution in [0.4, 0.5) is 4.39 Å². The van der Waals surface area contributed by atoms with E-state index in [1.807, 2.05) is 0 Å². The van der Waals surface area contributed by atoms with Crippen LogP contribution in [0, 0.1) is 5.82 Å². The fourth-order valence-corrected chi connectivity index (χ4v) is 2.89. The smallest absolute Gasteiger partial charge is 0.308 e. The Balaban J connectivity index is 1.62. The molecule has 148 valence electrons. The Morgan fingerprint density at radius 3 is 2.82 bits per heavy atom. The molecule has 9 nitrogen and oxygen atoms in total. The zero-order valence-corrected chi connectivity index (χ0v) is 15.2. The highest BCUT2D eigenvalue weighted by molar-refractivity contribution is 5.91. The molecule has 2 aromatic rings. The Bertz CT molecular complexity index is 867. The van der Waals surface area contributed by atoms with Gasteiger partial charge in [-0.15, -0.1) is 0 Å². The molecule has 1 fully saturated rings. The van der Waals surface area contributed by atoms with Crippen molar-refractivity contribution in [1.82, 2.24) is 20.4 Å². The molecule has 2 heterocycles. The van der Waals surface area contributed by atoms with E-state index in [2.05, 4.69) is 20.2 Å². The number of piperazine rings is 1. The Morgan fingerprint density at radius 2 is 2.11 bits per heavy atom. The first-order chi connectivity index (χ1) is 13.5. The number of halogens is 1. The summed E-state index contributed by atoms with van der Waals surface area (Å²) in [5.74, 6) is -1.08. The summed E-state index contributed by atoms with van der Waals surface area (Å²) < 4.78 is 22.7. The zero-order valence-electron chi connectivity index (χ0n) is 15.2. The summed E-state index contributed by atoms with van der Waals surface area (Å²) in [7, 11) is 1.23. The SMILES string of the molecule is COC(=O)CC1C(=O)NCCN1C(=O)CCc1nc(-c2ccc(F)cc2)no1. The van der Waals surface area contributed by atoms with Crippen molar-refractivity contribution in [2.75, 3.05) is 20.2 Å². The number of amides is 2. The van der Waals surface area contributed by atoms with Gasteiger partial charge in [0.1, 0.15) is 11.9 Å². The van der Waals surface area contributed by atoms with Crippen LogP contribution in [-0.2, 0) is 25.5 Å². The van der Waals surface area contributed by atoms with Crippen LogP contribution in [0.3, 0.4) is 0 Å². The van der Waals surface area contributed by atoms with Gasteiger partial charge in [0, 0.05) is 31.5 Å². The maximum absolute atomic E-state index is 13.0. The molecule has 0 radical (unpaired) electrons. The third kappa shape index (κ3) is 4.51. The number of methoxy groups -OCH3 is 1. The van der Waals surface area contributed by atoms with Crippen molar-refractivity contribution in [2.24, 2.45) is 0 Å². The minimum atomic E-state index is -0.897. The summed E-state index contributed by atoms with van der Waals surface area (Å²) in [6, 6.07) is 4.74. The highest BCUT2D eigenvalue weighted by Crippen LogP contribution is 2.17. The number of hydrogen-bond donors (Lipinski definition) is 1. The molecule has 1 saturated heterocycles. The molecule has 1 aromatic carbocycles. The van der Waals surface area contributed by atoms with Gasteiger partial charge >= 0.3 is 5.97 Å². The minimum absolute atomic E-state index is 0.0377. The molecule has 28 heavy (non-hydrogen) atoms. The molecular weight excluding hydrogens is 371 g/mol. The summed E-state index contributed by atoms with van der Waals surface area (Å²) >= 11 is 0. The van der Waals surface area contributed by atoms with Crippen molar-refractivity contribution in [3.8, 4) is 11.4 Å². The lowest BCUT2D eigenvalue weighted by molar-refractivity contribution is -0.150. The second-order valence-electron chi connectivity index (χ2n) is 6.19. The molecule has 0 bridgehead atoms. The molecule has 1 aromatic heterocycles. The quantitative estimate of drug-likeness (QED) is 0.722. The highest BCUT2D eigenvalue weighted by Gasteiger charge is 2.34. The average molecular weight is 390 g/mol. The standard InChI is InChI=1S/C18H19FN4O5/c1-27-16(25)10-13-18(26)20-8-9-23(13)15(24)7-6-14-21-17(22-28-14)11-2-4-12(19)5-3-11/h2-5,13H,6-10H2,1H3,(H,20,26). The van der Waals surface area contributed by atoms with Crippen LogP contribution in [0.25, 0.3) is 11.4 Å². The maximum Gasteiger partial charge on any atom is 0.308 e. The van der Waals surface area contributed by atoms with E-state index in [0.717, 1.165) is 0 Å². The van der Waals surface area contributed by atoms with E-state index in [4.69, 9.17) is 4.52 Å². The number of nitrogens with zero attached hydrogens (tertiary/aromatic N) is 3. The molecule has 1 aliphatic rings. The second-order valence-corrected chi connectivity index (χ2v) is 6.19. The van der Waals surface area contributed by atoms with Crippen LogP contribution in [-0.4, -0.2) is 59.1 Å². The van der Waals surface area contributed by atoms with E-state index in [0.29, 0.717) is 24.5 Å². The second kappa shape index (κ2) is 8.59. The van der Waals surface area contributed by atoms with Crippen LogP contribution >= 0.6 is 0 Å². The fourth-order valence-electron chi connectivity index (χ4n) is 2.89. The van der Waals surface area contributed by atoms with E-state index in [-0.39, 0.29) is 42.8 Å². The third-order valence-electron chi connectivity index (χ3n) is 4.36. The molecule has 1 unspecified atom stereocenters. The van der Waals surface area contributed by atoms with Crippen molar-refractivity contribution < 1.29 is 28.0 Å². The van der Waals surface area contributed by atoms with Crippen molar-refractivity contribution in [1.29, 1.82) is 0 Å². The molecule has 1 aliphatic heterocycles. The van der Waals surface area contributed by atoms with Gasteiger partial charge in [-0.3, -0.25) is 14.4 Å². The number of carbonyl (C=O) groups excluding carboxylic acids is 3. The number of esters is 1. The van der Waals surface area contributed by atoms with Gasteiger partial charge < -0.3 is 19.5 Å². The summed E-state index contributed by atoms with van der Waals surface area (Å²) in [6.07, 6.45) is 0.00937. The van der Waals surface area contributed by atoms with Gasteiger partial charge in [-0.25, -0.2) is 4.39 Å². The summed E-state index contributed by atoms with van der Waals surface area (Å²) in [5, 5.41) is 6.46. The Morgan fingerprint density at radius 1 is 1.36 bits per heavy atom. The topological polar surface area (TPSA) is 115 Å². The Labute approximate surface area is 159 Å². The normalized spacial score (nSPS) is 16.6. The molecule has 0 spiro atoms. The first-order valence-corrected chi connectivity index (χ1v) is 8.70. The van der Waals surface area contributed by atoms with Gasteiger partial charge in [-0.05, 0) is 24.3 Å². The largest absolute Gasteiger partial charge is 0.469 e. The molecule has 3 rings (SSSR count). The average Bonchev–Trinajstić information content (AvgIpc) is 3.17. The van der Waals surface area contributed by atoms with E-state index < -0.39 is 12.0 Å². The maximum atomic E-state index is 13.0. The van der Waals surface area contributed by atoms with Crippen molar-refractivity contribution >= 4 is 17.8 Å². The van der Waals surface area contributed by atoms with Gasteiger partial charge in [0.2, 0.25) is 23.5 Å². The number of rotatable bonds is 6. The lowest BCUT2D eigenvalue weighted by atomic mass is 10.1. The van der Waals surface area contributed by atoms with Gasteiger partial charge in [0.05, 0.1) is 13.5 Å². The number of carbonyl (C=O) groups is 3. The molecule has 1 atom stereocenters. The van der Waals surface area contributed by atoms with Crippen LogP contribution < -0.4 is 5.32 Å². The van der Waals surface area contributed by atoms with Gasteiger partial charge in [0.15, 0.2) is 0 Å². The summed E-state index contributed by atoms with van der Waals surface area (Å²) in [6.45, 7) is 0.619. The van der Waals surface area contributed by atoms with Crippen molar-refractivity contribution in [2.45, 2.75) is 25.3 Å². The molecule has 10 heteroatoms. The Kier molecular flexibility index (Phi) is 5.97. The first-order valence-electron chi connectivity index (χ1n) is 8.70. The number of nitrogens with one attached hydrogen (secondary N) is 1. The monoisotopic (exact) mass is 390 g/mol. The number of ether oxygens (including phenoxy) is 1. The van der Waals surface area contributed by atoms with E-state index in [1.54, 1.807) is 0 Å². The number of aryl methyl sites for hydroxylation is 1. The minimum Gasteiger partial charge on any atom is -0.469 e. The zero-order chi connectivity index (χ0) is 20.1. The van der Waals surface area contributed by atoms with E-state index in [9.17, 15) is 18.8 Å². The van der Waals surface area contributed by atoms with Crippen molar-refractivity contribution in [3.05, 3.63) is 36.0 Å². The highest BCUT2D eigenvalue weighted by atomic mass is 19.1. The molecule has 1 N–H and O–H groups in total. The predicted molar refractivity (Wildman–Crippen MR) is 93.2 cm³/mol. The molecule has 2 amide bonds. The number of aromatic nitrogens is 2. The van der Waals surface area contributed by atoms with Crippen LogP contribution in [0.1, 0.15) is 18.7 Å². The lowest BCUT2D eigenvalue weighted by Crippen LogP contribution is -2.57. The van der Waals surface area contributed by atoms with E-state index in [1.165, 1.54) is 36.3 Å². The van der Waals surface area contributed by atoms with Gasteiger partial charge in [-0.2, -0.15) is 4.98 Å². The van der Waals surface area contributed by atoms with E-state index >= 15 is 0 Å². The number of benzene rings is 1. The van der Waals surface area contributed by atoms with Crippen LogP contribution in [0.15, 0.2) is 28.8 Å². The molecular formula is C18H19FN4O5. The molecule has 0 saturated carbocycles. The fraction of sp³-hybridized carbons (Fsp3) is 0.389. The lowest BCUT2D eigenvalue weighted by Gasteiger charge is -2.34. The van der Waals surface area contributed by atoms with Gasteiger partial charge in [0.25, 0.3) is 0 Å². The van der Waals surface area contributed by atoms with Crippen LogP contribution in [0.2, 0.25) is 0 Å². The third-order valence-corrected chi connectivity index (χ3v) is 4.36. The van der Waals surface area contributed by atoms with Crippen LogP contribution in [0.5, 0.6) is 0 Å². The predicted octanol–water partition coefficient (Wildman–Crippen LogP) is 0.698. The molecule has 0 aliphatic carbocycles. The first kappa shape index (κ1) is 19.5. The number of hydrogen-bond acceptors (Lipinski definition) is 7. The summed E-state index contributed by atoms with van der Waals surface area (Å²) in [5.41, 5.74) is 0.591. The van der Waals surface area contributed by atoms with Gasteiger partial charge in [-0.1, -0.05) is 5.16 Å². The Hall–Kier alpha value is -3.30.